The molecular weight excluding hydrogens is 215 g/mol. The summed E-state index contributed by atoms with van der Waals surface area (Å²) in [6.07, 6.45) is 0. The van der Waals surface area contributed by atoms with E-state index in [0.29, 0.717) is 0 Å². The van der Waals surface area contributed by atoms with E-state index in [-0.39, 0.29) is 18.0 Å². The molecule has 2 N–H and O–H groups in total. The number of aliphatic hydroxyl groups excluding tert-OH is 1. The zero-order chi connectivity index (χ0) is 12.3. The number of nitrogens with zero attached hydrogens (tertiary/aromatic N) is 1. The first-order valence-corrected chi connectivity index (χ1v) is 4.69. The molecule has 0 aliphatic rings. The normalized spacial score (nSPS) is 11.2. The summed E-state index contributed by atoms with van der Waals surface area (Å²) in [5, 5.41) is 22.4. The first kappa shape index (κ1) is 12.4. The van der Waals surface area contributed by atoms with Gasteiger partial charge in [0.05, 0.1) is 17.1 Å². The van der Waals surface area contributed by atoms with Crippen molar-refractivity contribution in [1.82, 2.24) is 0 Å². The van der Waals surface area contributed by atoms with E-state index >= 15 is 0 Å². The van der Waals surface area contributed by atoms with E-state index in [2.05, 4.69) is 5.32 Å². The maximum Gasteiger partial charge on any atom is 0.292 e. The van der Waals surface area contributed by atoms with Crippen LogP contribution in [0.3, 0.4) is 0 Å². The Kier molecular flexibility index (Phi) is 3.44. The number of anilines is 1. The van der Waals surface area contributed by atoms with Crippen LogP contribution >= 0.6 is 0 Å². The third-order valence-corrected chi connectivity index (χ3v) is 2.02. The molecule has 0 spiro atoms. The van der Waals surface area contributed by atoms with Crippen LogP contribution in [-0.2, 0) is 0 Å². The van der Waals surface area contributed by atoms with Gasteiger partial charge in [0.2, 0.25) is 0 Å². The molecule has 1 aromatic rings. The molecule has 0 saturated heterocycles. The van der Waals surface area contributed by atoms with Crippen LogP contribution in [0.2, 0.25) is 0 Å². The van der Waals surface area contributed by atoms with Gasteiger partial charge in [-0.25, -0.2) is 4.39 Å². The Morgan fingerprint density at radius 3 is 2.69 bits per heavy atom. The van der Waals surface area contributed by atoms with Crippen molar-refractivity contribution in [3.63, 3.8) is 0 Å². The zero-order valence-corrected chi connectivity index (χ0v) is 9.03. The highest BCUT2D eigenvalue weighted by atomic mass is 19.1. The molecular formula is C10H13FN2O3. The van der Waals surface area contributed by atoms with Crippen LogP contribution in [0.1, 0.15) is 13.8 Å². The molecule has 0 aliphatic carbocycles. The van der Waals surface area contributed by atoms with Crippen molar-refractivity contribution in [2.24, 2.45) is 0 Å². The van der Waals surface area contributed by atoms with Crippen molar-refractivity contribution in [2.75, 3.05) is 11.9 Å². The SMILES string of the molecule is CC(C)(CO)Nc1cc(F)ccc1[N+](=O)[O-]. The molecule has 0 aliphatic heterocycles. The Labute approximate surface area is 92.1 Å². The Bertz CT molecular complexity index is 407. The maximum absolute atomic E-state index is 13.0. The molecule has 88 valence electrons. The molecule has 0 aromatic heterocycles. The van der Waals surface area contributed by atoms with Gasteiger partial charge in [-0.1, -0.05) is 0 Å². The zero-order valence-electron chi connectivity index (χ0n) is 9.03. The van der Waals surface area contributed by atoms with Gasteiger partial charge in [-0.05, 0) is 19.9 Å². The van der Waals surface area contributed by atoms with Crippen molar-refractivity contribution in [3.05, 3.63) is 34.1 Å². The predicted octanol–water partition coefficient (Wildman–Crippen LogP) is 1.92. The summed E-state index contributed by atoms with van der Waals surface area (Å²) in [6, 6.07) is 3.15. The molecule has 0 bridgehead atoms. The highest BCUT2D eigenvalue weighted by Crippen LogP contribution is 2.27. The number of hydrogen-bond donors (Lipinski definition) is 2. The van der Waals surface area contributed by atoms with E-state index in [4.69, 9.17) is 5.11 Å². The Morgan fingerprint density at radius 1 is 1.56 bits per heavy atom. The van der Waals surface area contributed by atoms with Crippen LogP contribution in [0.15, 0.2) is 18.2 Å². The van der Waals surface area contributed by atoms with Gasteiger partial charge in [-0.15, -0.1) is 0 Å². The number of nitro benzene ring substituents is 1. The summed E-state index contributed by atoms with van der Waals surface area (Å²) in [7, 11) is 0. The Hall–Kier alpha value is -1.69. The fourth-order valence-corrected chi connectivity index (χ4v) is 1.17. The van der Waals surface area contributed by atoms with Crippen LogP contribution in [-0.4, -0.2) is 22.2 Å². The number of halogens is 1. The second-order valence-electron chi connectivity index (χ2n) is 4.09. The molecule has 0 unspecified atom stereocenters. The fourth-order valence-electron chi connectivity index (χ4n) is 1.17. The summed E-state index contributed by atoms with van der Waals surface area (Å²) in [5.74, 6) is -0.568. The first-order chi connectivity index (χ1) is 7.35. The van der Waals surface area contributed by atoms with Crippen LogP contribution in [0.5, 0.6) is 0 Å². The van der Waals surface area contributed by atoms with E-state index in [1.807, 2.05) is 0 Å². The van der Waals surface area contributed by atoms with Crippen LogP contribution in [0.4, 0.5) is 15.8 Å². The largest absolute Gasteiger partial charge is 0.394 e. The highest BCUT2D eigenvalue weighted by Gasteiger charge is 2.22. The Balaban J connectivity index is 3.10. The molecule has 0 amide bonds. The number of hydrogen-bond acceptors (Lipinski definition) is 4. The molecule has 1 rings (SSSR count). The second-order valence-corrected chi connectivity index (χ2v) is 4.09. The molecule has 5 nitrogen and oxygen atoms in total. The van der Waals surface area contributed by atoms with Gasteiger partial charge >= 0.3 is 0 Å². The van der Waals surface area contributed by atoms with Gasteiger partial charge < -0.3 is 10.4 Å². The van der Waals surface area contributed by atoms with E-state index in [0.717, 1.165) is 18.2 Å². The lowest BCUT2D eigenvalue weighted by Crippen LogP contribution is -2.35. The number of aliphatic hydroxyl groups is 1. The van der Waals surface area contributed by atoms with E-state index < -0.39 is 16.3 Å². The lowest BCUT2D eigenvalue weighted by Gasteiger charge is -2.24. The second kappa shape index (κ2) is 4.44. The molecule has 1 aromatic carbocycles. The first-order valence-electron chi connectivity index (χ1n) is 4.69. The van der Waals surface area contributed by atoms with Gasteiger partial charge in [0.25, 0.3) is 5.69 Å². The molecule has 6 heteroatoms. The summed E-state index contributed by atoms with van der Waals surface area (Å²) in [4.78, 5) is 10.1. The third-order valence-electron chi connectivity index (χ3n) is 2.02. The average Bonchev–Trinajstić information content (AvgIpc) is 2.16. The van der Waals surface area contributed by atoms with Gasteiger partial charge in [0, 0.05) is 12.1 Å². The van der Waals surface area contributed by atoms with Gasteiger partial charge in [-0.3, -0.25) is 10.1 Å². The fraction of sp³-hybridized carbons (Fsp3) is 0.400. The van der Waals surface area contributed by atoms with E-state index in [9.17, 15) is 14.5 Å². The van der Waals surface area contributed by atoms with Crippen molar-refractivity contribution >= 4 is 11.4 Å². The van der Waals surface area contributed by atoms with Gasteiger partial charge in [-0.2, -0.15) is 0 Å². The van der Waals surface area contributed by atoms with Gasteiger partial charge in [0.1, 0.15) is 11.5 Å². The minimum atomic E-state index is -0.751. The molecule has 16 heavy (non-hydrogen) atoms. The average molecular weight is 228 g/mol. The topological polar surface area (TPSA) is 75.4 Å². The molecule has 0 atom stereocenters. The van der Waals surface area contributed by atoms with E-state index in [1.54, 1.807) is 13.8 Å². The highest BCUT2D eigenvalue weighted by molar-refractivity contribution is 5.62. The van der Waals surface area contributed by atoms with Crippen molar-refractivity contribution < 1.29 is 14.4 Å². The quantitative estimate of drug-likeness (QED) is 0.609. The summed E-state index contributed by atoms with van der Waals surface area (Å²) in [6.45, 7) is 3.09. The van der Waals surface area contributed by atoms with Gasteiger partial charge in [0.15, 0.2) is 0 Å². The van der Waals surface area contributed by atoms with Crippen molar-refractivity contribution in [1.29, 1.82) is 0 Å². The lowest BCUT2D eigenvalue weighted by atomic mass is 10.1. The summed E-state index contributed by atoms with van der Waals surface area (Å²) in [5.41, 5.74) is -0.912. The minimum absolute atomic E-state index is 0.0593. The summed E-state index contributed by atoms with van der Waals surface area (Å²) < 4.78 is 13.0. The van der Waals surface area contributed by atoms with Crippen LogP contribution in [0.25, 0.3) is 0 Å². The molecule has 0 radical (unpaired) electrons. The van der Waals surface area contributed by atoms with Crippen LogP contribution in [0, 0.1) is 15.9 Å². The smallest absolute Gasteiger partial charge is 0.292 e. The number of nitrogens with one attached hydrogen (secondary N) is 1. The number of benzene rings is 1. The van der Waals surface area contributed by atoms with Crippen molar-refractivity contribution in [3.8, 4) is 0 Å². The third kappa shape index (κ3) is 2.90. The molecule has 0 saturated carbocycles. The predicted molar refractivity (Wildman–Crippen MR) is 57.8 cm³/mol. The van der Waals surface area contributed by atoms with Crippen LogP contribution < -0.4 is 5.32 Å². The molecule has 0 fully saturated rings. The number of rotatable bonds is 4. The lowest BCUT2D eigenvalue weighted by molar-refractivity contribution is -0.384. The standard InChI is InChI=1S/C10H13FN2O3/c1-10(2,6-14)12-8-5-7(11)3-4-9(8)13(15)16/h3-5,12,14H,6H2,1-2H3. The Morgan fingerprint density at radius 2 is 2.19 bits per heavy atom. The maximum atomic E-state index is 13.0. The molecule has 0 heterocycles. The minimum Gasteiger partial charge on any atom is -0.394 e. The van der Waals surface area contributed by atoms with Crippen molar-refractivity contribution in [2.45, 2.75) is 19.4 Å². The monoisotopic (exact) mass is 228 g/mol. The van der Waals surface area contributed by atoms with E-state index in [1.165, 1.54) is 0 Å². The summed E-state index contributed by atoms with van der Waals surface area (Å²) >= 11 is 0. The number of nitro groups is 1.